The molecular weight excluding hydrogens is 182 g/mol. The number of rotatable bonds is 3. The van der Waals surface area contributed by atoms with E-state index in [9.17, 15) is 4.57 Å². The molecule has 0 spiro atoms. The van der Waals surface area contributed by atoms with E-state index in [0.29, 0.717) is 12.5 Å². The molecule has 0 radical (unpaired) electrons. The van der Waals surface area contributed by atoms with E-state index in [2.05, 4.69) is 4.52 Å². The van der Waals surface area contributed by atoms with E-state index in [0.717, 1.165) is 0 Å². The van der Waals surface area contributed by atoms with E-state index in [1.165, 1.54) is 0 Å². The number of hydrogen-bond donors (Lipinski definition) is 0. The molecule has 56 valence electrons. The molecule has 0 heterocycles. The summed E-state index contributed by atoms with van der Waals surface area (Å²) in [5.41, 5.74) is 0. The first-order chi connectivity index (χ1) is 3.92. The second-order valence-corrected chi connectivity index (χ2v) is 6.38. The van der Waals surface area contributed by atoms with Crippen LogP contribution in [0.5, 0.6) is 0 Å². The molecule has 0 aliphatic heterocycles. The Kier molecular flexibility index (Phi) is 4.15. The zero-order valence-corrected chi connectivity index (χ0v) is 7.71. The van der Waals surface area contributed by atoms with Gasteiger partial charge in [0, 0.05) is 0 Å². The van der Waals surface area contributed by atoms with Crippen LogP contribution in [0.2, 0.25) is 0 Å². The largest absolute Gasteiger partial charge is 0.380 e. The van der Waals surface area contributed by atoms with Crippen molar-refractivity contribution >= 4 is 28.6 Å². The van der Waals surface area contributed by atoms with Gasteiger partial charge in [0.25, 0.3) is 0 Å². The van der Waals surface area contributed by atoms with E-state index in [1.54, 1.807) is 0 Å². The molecule has 0 N–H and O–H groups in total. The zero-order chi connectivity index (χ0) is 7.49. The summed E-state index contributed by atoms with van der Waals surface area (Å²) in [5, 5.41) is 0. The van der Waals surface area contributed by atoms with Gasteiger partial charge in [-0.05, 0) is 28.4 Å². The molecule has 0 fully saturated rings. The van der Waals surface area contributed by atoms with Gasteiger partial charge in [-0.2, -0.15) is 0 Å². The molecule has 0 bridgehead atoms. The van der Waals surface area contributed by atoms with Gasteiger partial charge in [0.2, 0.25) is 0 Å². The smallest absolute Gasteiger partial charge is 0.306 e. The van der Waals surface area contributed by atoms with E-state index >= 15 is 0 Å². The van der Waals surface area contributed by atoms with Crippen LogP contribution in [-0.4, -0.2) is 6.61 Å². The van der Waals surface area contributed by atoms with E-state index in [4.69, 9.17) is 22.5 Å². The molecule has 9 heavy (non-hydrogen) atoms. The summed E-state index contributed by atoms with van der Waals surface area (Å²) in [4.78, 5) is 0. The lowest BCUT2D eigenvalue weighted by molar-refractivity contribution is 0.286. The quantitative estimate of drug-likeness (QED) is 0.640. The van der Waals surface area contributed by atoms with Crippen LogP contribution in [0.15, 0.2) is 0 Å². The third-order valence-corrected chi connectivity index (χ3v) is 1.59. The van der Waals surface area contributed by atoms with E-state index in [-0.39, 0.29) is 0 Å². The van der Waals surface area contributed by atoms with Gasteiger partial charge in [0.15, 0.2) is 0 Å². The third-order valence-electron chi connectivity index (χ3n) is 0.558. The fourth-order valence-electron chi connectivity index (χ4n) is 0.236. The van der Waals surface area contributed by atoms with Crippen LogP contribution in [0.3, 0.4) is 0 Å². The molecule has 0 amide bonds. The van der Waals surface area contributed by atoms with E-state index < -0.39 is 6.07 Å². The average Bonchev–Trinajstić information content (AvgIpc) is 1.59. The van der Waals surface area contributed by atoms with E-state index in [1.807, 2.05) is 13.8 Å². The Morgan fingerprint density at radius 3 is 2.11 bits per heavy atom. The molecule has 0 aromatic rings. The van der Waals surface area contributed by atoms with Crippen molar-refractivity contribution in [3.05, 3.63) is 0 Å². The normalized spacial score (nSPS) is 12.6. The highest BCUT2D eigenvalue weighted by Gasteiger charge is 2.13. The van der Waals surface area contributed by atoms with Gasteiger partial charge < -0.3 is 4.52 Å². The molecule has 0 aromatic carbocycles. The molecular formula is C4H9Cl2O2P. The van der Waals surface area contributed by atoms with Crippen molar-refractivity contribution in [3.8, 4) is 0 Å². The van der Waals surface area contributed by atoms with Crippen LogP contribution >= 0.6 is 28.6 Å². The SMILES string of the molecule is CC(C)COP(=O)(Cl)Cl. The molecule has 5 heteroatoms. The van der Waals surface area contributed by atoms with Crippen molar-refractivity contribution in [3.63, 3.8) is 0 Å². The predicted molar refractivity (Wildman–Crippen MR) is 40.1 cm³/mol. The maximum atomic E-state index is 10.4. The molecule has 0 unspecified atom stereocenters. The van der Waals surface area contributed by atoms with Crippen molar-refractivity contribution < 1.29 is 9.09 Å². The summed E-state index contributed by atoms with van der Waals surface area (Å²) in [6, 6.07) is 0. The van der Waals surface area contributed by atoms with Crippen molar-refractivity contribution in [2.24, 2.45) is 5.92 Å². The number of hydrogen-bond acceptors (Lipinski definition) is 2. The molecule has 2 nitrogen and oxygen atoms in total. The van der Waals surface area contributed by atoms with Crippen molar-refractivity contribution in [1.29, 1.82) is 0 Å². The highest BCUT2D eigenvalue weighted by molar-refractivity contribution is 8.05. The van der Waals surface area contributed by atoms with Gasteiger partial charge in [-0.1, -0.05) is 13.8 Å². The predicted octanol–water partition coefficient (Wildman–Crippen LogP) is 3.24. The van der Waals surface area contributed by atoms with Gasteiger partial charge in [-0.15, -0.1) is 0 Å². The average molecular weight is 191 g/mol. The van der Waals surface area contributed by atoms with Crippen LogP contribution in [0.4, 0.5) is 0 Å². The Morgan fingerprint density at radius 1 is 1.56 bits per heavy atom. The topological polar surface area (TPSA) is 26.3 Å². The maximum absolute atomic E-state index is 10.4. The Balaban J connectivity index is 3.40. The standard InChI is InChI=1S/C4H9Cl2O2P/c1-4(2)3-8-9(5,6)7/h4H,3H2,1-2H3. The first-order valence-corrected chi connectivity index (χ1v) is 5.99. The monoisotopic (exact) mass is 190 g/mol. The Hall–Kier alpha value is 0.770. The zero-order valence-electron chi connectivity index (χ0n) is 5.30. The Morgan fingerprint density at radius 2 is 2.00 bits per heavy atom. The molecule has 0 saturated carbocycles. The van der Waals surface area contributed by atoms with Gasteiger partial charge in [0.05, 0.1) is 6.61 Å². The second-order valence-electron chi connectivity index (χ2n) is 2.10. The minimum absolute atomic E-state index is 0.302. The summed E-state index contributed by atoms with van der Waals surface area (Å²) in [5.74, 6) is 0.302. The van der Waals surface area contributed by atoms with Crippen LogP contribution in [-0.2, 0) is 9.09 Å². The maximum Gasteiger partial charge on any atom is 0.380 e. The highest BCUT2D eigenvalue weighted by atomic mass is 35.9. The van der Waals surface area contributed by atoms with Crippen molar-refractivity contribution in [1.82, 2.24) is 0 Å². The first-order valence-electron chi connectivity index (χ1n) is 2.55. The van der Waals surface area contributed by atoms with Crippen LogP contribution < -0.4 is 0 Å². The Labute approximate surface area is 64.5 Å². The van der Waals surface area contributed by atoms with Gasteiger partial charge >= 0.3 is 6.07 Å². The minimum atomic E-state index is -3.28. The molecule has 0 aliphatic rings. The molecule has 0 rings (SSSR count). The fraction of sp³-hybridized carbons (Fsp3) is 1.00. The van der Waals surface area contributed by atoms with Crippen molar-refractivity contribution in [2.45, 2.75) is 13.8 Å². The third kappa shape index (κ3) is 8.77. The summed E-state index contributed by atoms with van der Waals surface area (Å²) in [7, 11) is 0. The number of halogens is 2. The molecule has 0 saturated heterocycles. The lowest BCUT2D eigenvalue weighted by atomic mass is 10.2. The lowest BCUT2D eigenvalue weighted by Crippen LogP contribution is -1.95. The minimum Gasteiger partial charge on any atom is -0.306 e. The van der Waals surface area contributed by atoms with Crippen LogP contribution in [0.1, 0.15) is 13.8 Å². The summed E-state index contributed by atoms with van der Waals surface area (Å²) in [6.07, 6.45) is -3.28. The molecule has 0 aromatic heterocycles. The lowest BCUT2D eigenvalue weighted by Gasteiger charge is -2.05. The summed E-state index contributed by atoms with van der Waals surface area (Å²) >= 11 is 10.2. The molecule has 0 atom stereocenters. The van der Waals surface area contributed by atoms with Crippen LogP contribution in [0.25, 0.3) is 0 Å². The summed E-state index contributed by atoms with van der Waals surface area (Å²) < 4.78 is 15.0. The molecule has 0 aliphatic carbocycles. The van der Waals surface area contributed by atoms with Crippen LogP contribution in [0, 0.1) is 5.92 Å². The fourth-order valence-corrected chi connectivity index (χ4v) is 1.05. The van der Waals surface area contributed by atoms with Gasteiger partial charge in [0.1, 0.15) is 0 Å². The van der Waals surface area contributed by atoms with Gasteiger partial charge in [-0.25, -0.2) is 0 Å². The first kappa shape index (κ1) is 9.77. The second kappa shape index (κ2) is 3.82. The highest BCUT2D eigenvalue weighted by Crippen LogP contribution is 2.57. The Bertz CT molecular complexity index is 120. The summed E-state index contributed by atoms with van der Waals surface area (Å²) in [6.45, 7) is 4.18. The van der Waals surface area contributed by atoms with Crippen molar-refractivity contribution in [2.75, 3.05) is 6.61 Å². The van der Waals surface area contributed by atoms with Gasteiger partial charge in [-0.3, -0.25) is 4.57 Å².